The minimum absolute atomic E-state index is 0.113. The lowest BCUT2D eigenvalue weighted by Gasteiger charge is -2.41. The van der Waals surface area contributed by atoms with Crippen molar-refractivity contribution in [2.75, 3.05) is 26.2 Å². The summed E-state index contributed by atoms with van der Waals surface area (Å²) in [5.41, 5.74) is 0.418. The smallest absolute Gasteiger partial charge is 0.328 e. The summed E-state index contributed by atoms with van der Waals surface area (Å²) in [7, 11) is 0. The van der Waals surface area contributed by atoms with Crippen molar-refractivity contribution in [2.24, 2.45) is 5.92 Å². The number of esters is 1. The maximum Gasteiger partial charge on any atom is 0.328 e. The third-order valence-corrected chi connectivity index (χ3v) is 10.8. The lowest BCUT2D eigenvalue weighted by atomic mass is 9.91. The second-order valence-corrected chi connectivity index (χ2v) is 14.9. The molecule has 1 aromatic rings. The number of unbranched alkanes of at least 4 members (excludes halogenated alkanes) is 2. The highest BCUT2D eigenvalue weighted by Gasteiger charge is 2.46. The Bertz CT molecular complexity index is 1620. The van der Waals surface area contributed by atoms with Gasteiger partial charge in [0.15, 0.2) is 0 Å². The standard InChI is InChI=1S/C39H53FN6O8/c1-4-5-6-7-15-33(47)42-28(22-26-11-8-12-27(40)21-26)34(48)43-29-23-54-39(53)31-14-10-18-45(31)36(50)25(3)41-35(49)32-20-24(2)16-19-46(32)38(52)30-13-9-17-44(30)37(29)51/h7-8,11-12,15,21,24-25,28-32H,4-6,9-10,13-14,16-20,22-23H2,1-3H3,(H,41,49)(H,42,47)(H,43,48)/b15-7+/t24?,25-,28-,29-,30-,31-,32+/m0/s1. The first-order chi connectivity index (χ1) is 25.9. The van der Waals surface area contributed by atoms with E-state index in [1.807, 2.05) is 13.8 Å². The Kier molecular flexibility index (Phi) is 13.8. The van der Waals surface area contributed by atoms with Crippen LogP contribution in [0, 0.1) is 11.7 Å². The molecule has 5 rings (SSSR count). The number of fused-ring (bicyclic) bond motifs is 3. The van der Waals surface area contributed by atoms with Gasteiger partial charge in [-0.2, -0.15) is 0 Å². The molecule has 0 spiro atoms. The molecule has 0 radical (unpaired) electrons. The van der Waals surface area contributed by atoms with Crippen molar-refractivity contribution >= 4 is 41.4 Å². The number of nitrogens with zero attached hydrogens (tertiary/aromatic N) is 3. The van der Waals surface area contributed by atoms with Crippen LogP contribution in [0.3, 0.4) is 0 Å². The first-order valence-electron chi connectivity index (χ1n) is 19.3. The molecular formula is C39H53FN6O8. The largest absolute Gasteiger partial charge is 0.461 e. The molecule has 4 heterocycles. The maximum atomic E-state index is 14.4. The van der Waals surface area contributed by atoms with E-state index in [1.54, 1.807) is 19.1 Å². The molecule has 4 aliphatic heterocycles. The van der Waals surface area contributed by atoms with Crippen molar-refractivity contribution in [3.63, 3.8) is 0 Å². The fourth-order valence-electron chi connectivity index (χ4n) is 7.78. The van der Waals surface area contributed by atoms with Crippen molar-refractivity contribution in [1.82, 2.24) is 30.7 Å². The van der Waals surface area contributed by atoms with Crippen LogP contribution in [0.1, 0.15) is 84.1 Å². The molecule has 15 heteroatoms. The van der Waals surface area contributed by atoms with Crippen LogP contribution in [-0.2, 0) is 44.7 Å². The summed E-state index contributed by atoms with van der Waals surface area (Å²) in [5, 5.41) is 8.12. The molecule has 4 saturated heterocycles. The second kappa shape index (κ2) is 18.5. The number of hydrogen-bond acceptors (Lipinski definition) is 8. The summed E-state index contributed by atoms with van der Waals surface area (Å²) in [6.45, 7) is 5.69. The van der Waals surface area contributed by atoms with Crippen molar-refractivity contribution in [1.29, 1.82) is 0 Å². The molecule has 6 amide bonds. The van der Waals surface area contributed by atoms with Crippen LogP contribution >= 0.6 is 0 Å². The van der Waals surface area contributed by atoms with Gasteiger partial charge in [-0.25, -0.2) is 9.18 Å². The number of benzene rings is 1. The molecule has 294 valence electrons. The Morgan fingerprint density at radius 2 is 1.65 bits per heavy atom. The number of nitrogens with one attached hydrogen (secondary N) is 3. The minimum Gasteiger partial charge on any atom is -0.461 e. The number of ether oxygens (including phenoxy) is 1. The molecule has 0 saturated carbocycles. The van der Waals surface area contributed by atoms with Gasteiger partial charge < -0.3 is 35.4 Å². The first-order valence-corrected chi connectivity index (χ1v) is 19.3. The molecule has 14 nitrogen and oxygen atoms in total. The average Bonchev–Trinajstić information content (AvgIpc) is 3.84. The van der Waals surface area contributed by atoms with Gasteiger partial charge in [-0.1, -0.05) is 44.9 Å². The predicted molar refractivity (Wildman–Crippen MR) is 195 cm³/mol. The lowest BCUT2D eigenvalue weighted by molar-refractivity contribution is -0.158. The van der Waals surface area contributed by atoms with Crippen LogP contribution in [0.2, 0.25) is 0 Å². The third-order valence-electron chi connectivity index (χ3n) is 10.8. The highest BCUT2D eigenvalue weighted by Crippen LogP contribution is 2.28. The summed E-state index contributed by atoms with van der Waals surface area (Å²) in [6, 6.07) is -0.884. The Balaban J connectivity index is 1.45. The quantitative estimate of drug-likeness (QED) is 0.194. The van der Waals surface area contributed by atoms with Crippen LogP contribution in [0.4, 0.5) is 4.39 Å². The van der Waals surface area contributed by atoms with Gasteiger partial charge in [0.1, 0.15) is 48.7 Å². The Morgan fingerprint density at radius 3 is 2.37 bits per heavy atom. The number of piperidine rings is 1. The fraction of sp³-hybridized carbons (Fsp3) is 0.615. The fourth-order valence-corrected chi connectivity index (χ4v) is 7.78. The van der Waals surface area contributed by atoms with Crippen LogP contribution in [0.25, 0.3) is 0 Å². The summed E-state index contributed by atoms with van der Waals surface area (Å²) >= 11 is 0. The normalized spacial score (nSPS) is 27.6. The highest BCUT2D eigenvalue weighted by atomic mass is 19.1. The van der Waals surface area contributed by atoms with Gasteiger partial charge in [0, 0.05) is 26.1 Å². The second-order valence-electron chi connectivity index (χ2n) is 14.9. The molecule has 0 bridgehead atoms. The zero-order chi connectivity index (χ0) is 38.9. The molecule has 0 aromatic heterocycles. The zero-order valence-corrected chi connectivity index (χ0v) is 31.4. The summed E-state index contributed by atoms with van der Waals surface area (Å²) in [5.74, 6) is -4.55. The van der Waals surface area contributed by atoms with Gasteiger partial charge in [-0.05, 0) is 81.6 Å². The van der Waals surface area contributed by atoms with Gasteiger partial charge in [0.2, 0.25) is 35.4 Å². The van der Waals surface area contributed by atoms with Gasteiger partial charge in [-0.3, -0.25) is 28.8 Å². The number of halogens is 1. The van der Waals surface area contributed by atoms with Crippen LogP contribution < -0.4 is 16.0 Å². The van der Waals surface area contributed by atoms with Gasteiger partial charge in [0.05, 0.1) is 0 Å². The monoisotopic (exact) mass is 752 g/mol. The number of rotatable bonds is 9. The van der Waals surface area contributed by atoms with E-state index < -0.39 is 90.1 Å². The number of cyclic esters (lactones) is 1. The average molecular weight is 753 g/mol. The van der Waals surface area contributed by atoms with Gasteiger partial charge >= 0.3 is 5.97 Å². The lowest BCUT2D eigenvalue weighted by Crippen LogP contribution is -2.62. The molecule has 1 aromatic carbocycles. The van der Waals surface area contributed by atoms with Crippen molar-refractivity contribution in [3.8, 4) is 0 Å². The van der Waals surface area contributed by atoms with Crippen LogP contribution in [0.5, 0.6) is 0 Å². The SMILES string of the molecule is CCCC/C=C/C(=O)N[C@@H](Cc1cccc(F)c1)C(=O)N[C@H]1COC(=O)[C@@H]2CCCN2C(=O)[C@H](C)NC(=O)[C@H]2CC(C)CCN2C(=O)[C@@H]2CCCN2C1=O. The molecular weight excluding hydrogens is 699 g/mol. The van der Waals surface area contributed by atoms with E-state index in [9.17, 15) is 38.0 Å². The van der Waals surface area contributed by atoms with E-state index in [4.69, 9.17) is 4.74 Å². The highest BCUT2D eigenvalue weighted by molar-refractivity contribution is 5.98. The summed E-state index contributed by atoms with van der Waals surface area (Å²) < 4.78 is 19.8. The number of carbonyl (C=O) groups excluding carboxylic acids is 7. The van der Waals surface area contributed by atoms with E-state index in [2.05, 4.69) is 16.0 Å². The number of carbonyl (C=O) groups is 7. The molecule has 4 fully saturated rings. The zero-order valence-electron chi connectivity index (χ0n) is 31.4. The number of hydrogen-bond donors (Lipinski definition) is 3. The molecule has 4 aliphatic rings. The van der Waals surface area contributed by atoms with E-state index in [1.165, 1.54) is 39.0 Å². The third kappa shape index (κ3) is 9.83. The van der Waals surface area contributed by atoms with Crippen LogP contribution in [-0.4, -0.2) is 119 Å². The molecule has 0 aliphatic carbocycles. The topological polar surface area (TPSA) is 175 Å². The number of allylic oxidation sites excluding steroid dienone is 1. The molecule has 1 unspecified atom stereocenters. The van der Waals surface area contributed by atoms with E-state index in [-0.39, 0.29) is 25.4 Å². The van der Waals surface area contributed by atoms with Crippen LogP contribution in [0.15, 0.2) is 36.4 Å². The van der Waals surface area contributed by atoms with Crippen molar-refractivity contribution in [2.45, 2.75) is 121 Å². The molecule has 54 heavy (non-hydrogen) atoms. The van der Waals surface area contributed by atoms with Crippen molar-refractivity contribution in [3.05, 3.63) is 47.8 Å². The van der Waals surface area contributed by atoms with E-state index in [0.717, 1.165) is 12.8 Å². The Labute approximate surface area is 315 Å². The Morgan fingerprint density at radius 1 is 0.944 bits per heavy atom. The Hall–Kier alpha value is -4.82. The maximum absolute atomic E-state index is 14.4. The summed E-state index contributed by atoms with van der Waals surface area (Å²) in [6.07, 6.45) is 8.02. The van der Waals surface area contributed by atoms with E-state index >= 15 is 0 Å². The van der Waals surface area contributed by atoms with E-state index in [0.29, 0.717) is 57.1 Å². The molecule has 7 atom stereocenters. The summed E-state index contributed by atoms with van der Waals surface area (Å²) in [4.78, 5) is 101. The van der Waals surface area contributed by atoms with Gasteiger partial charge in [-0.15, -0.1) is 0 Å². The van der Waals surface area contributed by atoms with Gasteiger partial charge in [0.25, 0.3) is 0 Å². The molecule has 3 N–H and O–H groups in total. The first kappa shape index (κ1) is 40.4. The van der Waals surface area contributed by atoms with Crippen molar-refractivity contribution < 1.29 is 42.7 Å². The number of amides is 6. The minimum atomic E-state index is -1.47. The predicted octanol–water partition coefficient (Wildman–Crippen LogP) is 1.75.